The van der Waals surface area contributed by atoms with Gasteiger partial charge in [0.15, 0.2) is 21.3 Å². The number of phenolic OH excluding ortho intramolecular Hbond substituents is 1. The van der Waals surface area contributed by atoms with Crippen LogP contribution >= 0.6 is 0 Å². The lowest BCUT2D eigenvalue weighted by Crippen LogP contribution is -2.37. The van der Waals surface area contributed by atoms with Gasteiger partial charge in [-0.1, -0.05) is 6.07 Å². The van der Waals surface area contributed by atoms with Gasteiger partial charge in [-0.05, 0) is 54.3 Å². The third kappa shape index (κ3) is 2.24. The van der Waals surface area contributed by atoms with E-state index < -0.39 is 9.84 Å². The third-order valence-electron chi connectivity index (χ3n) is 6.13. The fraction of sp³-hybridized carbons (Fsp3) is 0.400. The Bertz CT molecular complexity index is 1080. The third-order valence-corrected chi connectivity index (χ3v) is 7.96. The molecule has 2 aromatic carbocycles. The summed E-state index contributed by atoms with van der Waals surface area (Å²) in [5.41, 5.74) is 5.38. The zero-order chi connectivity index (χ0) is 18.9. The van der Waals surface area contributed by atoms with Gasteiger partial charge in [-0.3, -0.25) is 4.90 Å². The van der Waals surface area contributed by atoms with E-state index in [-0.39, 0.29) is 17.5 Å². The number of nitrogens with zero attached hydrogens (tertiary/aromatic N) is 1. The lowest BCUT2D eigenvalue weighted by molar-refractivity contribution is 0.226. The summed E-state index contributed by atoms with van der Waals surface area (Å²) in [4.78, 5) is 2.75. The van der Waals surface area contributed by atoms with Gasteiger partial charge in [0.05, 0.1) is 23.4 Å². The first-order valence-electron chi connectivity index (χ1n) is 9.18. The van der Waals surface area contributed by atoms with Gasteiger partial charge in [0.25, 0.3) is 0 Å². The van der Waals surface area contributed by atoms with Gasteiger partial charge in [0.1, 0.15) is 0 Å². The Morgan fingerprint density at radius 3 is 2.93 bits per heavy atom. The molecule has 2 heterocycles. The van der Waals surface area contributed by atoms with Crippen molar-refractivity contribution in [2.45, 2.75) is 23.8 Å². The summed E-state index contributed by atoms with van der Waals surface area (Å²) in [7, 11) is 0.326. The van der Waals surface area contributed by atoms with Gasteiger partial charge >= 0.3 is 0 Å². The van der Waals surface area contributed by atoms with Crippen molar-refractivity contribution in [2.24, 2.45) is 0 Å². The summed E-state index contributed by atoms with van der Waals surface area (Å²) in [6.07, 6.45) is 1.44. The molecule has 3 aliphatic rings. The smallest absolute Gasteiger partial charge is 0.182 e. The van der Waals surface area contributed by atoms with Gasteiger partial charge in [0, 0.05) is 24.7 Å². The first-order valence-corrected chi connectivity index (χ1v) is 10.8. The molecule has 0 saturated heterocycles. The van der Waals surface area contributed by atoms with Gasteiger partial charge in [-0.15, -0.1) is 0 Å². The largest absolute Gasteiger partial charge is 0.504 e. The highest BCUT2D eigenvalue weighted by molar-refractivity contribution is 7.91. The molecule has 0 spiro atoms. The SMILES string of the molecule is COc1ccc2c(c1O)-c1cc3c(c4c1[C@@H](C2)N(C)CC4)S(=O)(=O)CCN3. The van der Waals surface area contributed by atoms with Crippen LogP contribution in [0.1, 0.15) is 22.7 Å². The minimum atomic E-state index is -3.29. The summed E-state index contributed by atoms with van der Waals surface area (Å²) in [5, 5.41) is 14.1. The molecule has 0 saturated carbocycles. The number of phenols is 1. The van der Waals surface area contributed by atoms with Crippen LogP contribution in [0.25, 0.3) is 11.1 Å². The molecule has 0 bridgehead atoms. The second-order valence-electron chi connectivity index (χ2n) is 7.54. The van der Waals surface area contributed by atoms with Gasteiger partial charge in [-0.25, -0.2) is 8.42 Å². The number of rotatable bonds is 1. The van der Waals surface area contributed by atoms with E-state index in [1.165, 1.54) is 7.11 Å². The molecule has 142 valence electrons. The molecule has 2 aromatic rings. The van der Waals surface area contributed by atoms with E-state index in [0.717, 1.165) is 40.8 Å². The Morgan fingerprint density at radius 1 is 1.33 bits per heavy atom. The number of aromatic hydroxyl groups is 1. The summed E-state index contributed by atoms with van der Waals surface area (Å²) in [6.45, 7) is 1.23. The summed E-state index contributed by atoms with van der Waals surface area (Å²) < 4.78 is 31.0. The van der Waals surface area contributed by atoms with E-state index in [2.05, 4.69) is 17.3 Å². The van der Waals surface area contributed by atoms with Crippen molar-refractivity contribution in [1.29, 1.82) is 0 Å². The number of fused-ring (bicyclic) bond motifs is 4. The molecule has 7 heteroatoms. The standard InChI is InChI=1S/C20H22N2O4S/c1-22-7-5-12-18-13(10-14-20(12)27(24,25)8-6-21-14)17-11(9-15(18)22)3-4-16(26-2)19(17)23/h3-4,10,15,21,23H,5-9H2,1-2H3/t15-/m1/s1. The zero-order valence-corrected chi connectivity index (χ0v) is 16.2. The number of likely N-dealkylation sites (N-methyl/N-ethyl adjacent to an activating group) is 1. The Kier molecular flexibility index (Phi) is 3.52. The van der Waals surface area contributed by atoms with Crippen LogP contribution in [0.5, 0.6) is 11.5 Å². The van der Waals surface area contributed by atoms with Crippen LogP contribution in [0, 0.1) is 0 Å². The van der Waals surface area contributed by atoms with E-state index in [0.29, 0.717) is 29.3 Å². The van der Waals surface area contributed by atoms with E-state index in [4.69, 9.17) is 4.74 Å². The van der Waals surface area contributed by atoms with Crippen molar-refractivity contribution in [3.63, 3.8) is 0 Å². The number of anilines is 1. The summed E-state index contributed by atoms with van der Waals surface area (Å²) in [5.74, 6) is 0.688. The second kappa shape index (κ2) is 5.62. The molecule has 0 aromatic heterocycles. The van der Waals surface area contributed by atoms with Crippen molar-refractivity contribution in [3.05, 3.63) is 34.9 Å². The van der Waals surface area contributed by atoms with Crippen LogP contribution in [0.15, 0.2) is 23.1 Å². The van der Waals surface area contributed by atoms with Crippen LogP contribution < -0.4 is 10.1 Å². The number of methoxy groups -OCH3 is 1. The lowest BCUT2D eigenvalue weighted by atomic mass is 9.76. The molecule has 27 heavy (non-hydrogen) atoms. The minimum Gasteiger partial charge on any atom is -0.504 e. The predicted octanol–water partition coefficient (Wildman–Crippen LogP) is 2.35. The molecule has 1 atom stereocenters. The molecule has 0 unspecified atom stereocenters. The fourth-order valence-electron chi connectivity index (χ4n) is 4.86. The van der Waals surface area contributed by atoms with Gasteiger partial charge in [0.2, 0.25) is 0 Å². The zero-order valence-electron chi connectivity index (χ0n) is 15.4. The Morgan fingerprint density at radius 2 is 2.15 bits per heavy atom. The Balaban J connectivity index is 1.89. The van der Waals surface area contributed by atoms with Crippen molar-refractivity contribution in [3.8, 4) is 22.6 Å². The molecule has 0 radical (unpaired) electrons. The van der Waals surface area contributed by atoms with Crippen molar-refractivity contribution < 1.29 is 18.3 Å². The fourth-order valence-corrected chi connectivity index (χ4v) is 6.49. The van der Waals surface area contributed by atoms with Crippen LogP contribution in [0.3, 0.4) is 0 Å². The summed E-state index contributed by atoms with van der Waals surface area (Å²) >= 11 is 0. The van der Waals surface area contributed by atoms with Gasteiger partial charge in [-0.2, -0.15) is 0 Å². The number of hydrogen-bond donors (Lipinski definition) is 2. The first kappa shape index (κ1) is 16.9. The highest BCUT2D eigenvalue weighted by Gasteiger charge is 2.39. The van der Waals surface area contributed by atoms with E-state index in [1.807, 2.05) is 12.1 Å². The average molecular weight is 386 g/mol. The maximum Gasteiger partial charge on any atom is 0.182 e. The normalized spacial score (nSPS) is 22.2. The van der Waals surface area contributed by atoms with E-state index in [1.54, 1.807) is 6.07 Å². The topological polar surface area (TPSA) is 78.9 Å². The van der Waals surface area contributed by atoms with Crippen LogP contribution in [-0.2, 0) is 22.7 Å². The average Bonchev–Trinajstić information content (AvgIpc) is 2.63. The highest BCUT2D eigenvalue weighted by atomic mass is 32.2. The maximum absolute atomic E-state index is 12.8. The molecule has 0 amide bonds. The quantitative estimate of drug-likeness (QED) is 0.783. The van der Waals surface area contributed by atoms with E-state index >= 15 is 0 Å². The lowest BCUT2D eigenvalue weighted by Gasteiger charge is -2.41. The van der Waals surface area contributed by atoms with Crippen molar-refractivity contribution in [2.75, 3.05) is 38.3 Å². The number of sulfone groups is 1. The first-order chi connectivity index (χ1) is 12.9. The molecule has 2 N–H and O–H groups in total. The molecule has 5 rings (SSSR count). The monoisotopic (exact) mass is 386 g/mol. The molecular weight excluding hydrogens is 364 g/mol. The second-order valence-corrected chi connectivity index (χ2v) is 9.59. The van der Waals surface area contributed by atoms with E-state index in [9.17, 15) is 13.5 Å². The Labute approximate surface area is 158 Å². The molecule has 1 aliphatic carbocycles. The number of nitrogens with one attached hydrogen (secondary N) is 1. The van der Waals surface area contributed by atoms with Crippen molar-refractivity contribution >= 4 is 15.5 Å². The predicted molar refractivity (Wildman–Crippen MR) is 103 cm³/mol. The summed E-state index contributed by atoms with van der Waals surface area (Å²) in [6, 6.07) is 5.83. The molecule has 0 fully saturated rings. The van der Waals surface area contributed by atoms with Crippen LogP contribution in [0.2, 0.25) is 0 Å². The van der Waals surface area contributed by atoms with Gasteiger partial charge < -0.3 is 15.2 Å². The van der Waals surface area contributed by atoms with Crippen LogP contribution in [-0.4, -0.2) is 51.4 Å². The number of benzene rings is 2. The molecule has 6 nitrogen and oxygen atoms in total. The molecular formula is C20H22N2O4S. The highest BCUT2D eigenvalue weighted by Crippen LogP contribution is 2.53. The maximum atomic E-state index is 12.8. The van der Waals surface area contributed by atoms with Crippen molar-refractivity contribution in [1.82, 2.24) is 4.90 Å². The Hall–Kier alpha value is -2.25. The number of hydrogen-bond acceptors (Lipinski definition) is 6. The van der Waals surface area contributed by atoms with Crippen LogP contribution in [0.4, 0.5) is 5.69 Å². The number of ether oxygens (including phenoxy) is 1. The molecule has 2 aliphatic heterocycles. The minimum absolute atomic E-state index is 0.117.